The molecule has 7 rings (SSSR count). The molecule has 4 heterocycles. The second-order valence-electron chi connectivity index (χ2n) is 11.4. The van der Waals surface area contributed by atoms with Crippen molar-refractivity contribution < 1.29 is 9.59 Å². The highest BCUT2D eigenvalue weighted by Crippen LogP contribution is 2.43. The number of nitrogen functional groups attached to an aromatic ring is 1. The number of hydrogen-bond donors (Lipinski definition) is 2. The summed E-state index contributed by atoms with van der Waals surface area (Å²) in [7, 11) is 2.10. The van der Waals surface area contributed by atoms with Crippen LogP contribution in [0.2, 0.25) is 0 Å². The summed E-state index contributed by atoms with van der Waals surface area (Å²) in [6, 6.07) is 7.89. The van der Waals surface area contributed by atoms with E-state index in [0.29, 0.717) is 58.3 Å². The molecule has 1 unspecified atom stereocenters. The first-order valence-electron chi connectivity index (χ1n) is 14.5. The molecule has 1 atom stereocenters. The Morgan fingerprint density at radius 2 is 1.93 bits per heavy atom. The summed E-state index contributed by atoms with van der Waals surface area (Å²) in [5, 5.41) is 9.13. The van der Waals surface area contributed by atoms with Crippen molar-refractivity contribution in [2.75, 3.05) is 37.7 Å². The van der Waals surface area contributed by atoms with Crippen LogP contribution in [-0.4, -0.2) is 79.1 Å². The second-order valence-corrected chi connectivity index (χ2v) is 12.5. The van der Waals surface area contributed by atoms with Gasteiger partial charge in [-0.2, -0.15) is 5.10 Å². The first-order chi connectivity index (χ1) is 20.4. The summed E-state index contributed by atoms with van der Waals surface area (Å²) in [5.74, 6) is 0.752. The molecule has 0 bridgehead atoms. The van der Waals surface area contributed by atoms with Gasteiger partial charge in [-0.3, -0.25) is 19.8 Å². The van der Waals surface area contributed by atoms with Crippen molar-refractivity contribution in [1.29, 1.82) is 0 Å². The highest BCUT2D eigenvalue weighted by Gasteiger charge is 2.31. The van der Waals surface area contributed by atoms with Gasteiger partial charge < -0.3 is 10.6 Å². The van der Waals surface area contributed by atoms with Crippen LogP contribution in [0.3, 0.4) is 0 Å². The molecule has 1 aromatic carbocycles. The van der Waals surface area contributed by atoms with E-state index in [9.17, 15) is 9.59 Å². The van der Waals surface area contributed by atoms with Gasteiger partial charge in [-0.05, 0) is 57.2 Å². The third-order valence-electron chi connectivity index (χ3n) is 8.31. The van der Waals surface area contributed by atoms with E-state index in [1.54, 1.807) is 29.5 Å². The average molecular weight is 584 g/mol. The summed E-state index contributed by atoms with van der Waals surface area (Å²) in [5.41, 5.74) is 8.94. The van der Waals surface area contributed by atoms with Gasteiger partial charge in [0.25, 0.3) is 5.91 Å². The van der Waals surface area contributed by atoms with Gasteiger partial charge >= 0.3 is 0 Å². The lowest BCUT2D eigenvalue weighted by atomic mass is 10.1. The third-order valence-corrected chi connectivity index (χ3v) is 9.38. The summed E-state index contributed by atoms with van der Waals surface area (Å²) < 4.78 is 1.88. The number of carbonyl (C=O) groups is 2. The molecule has 2 amide bonds. The number of nitrogens with two attached hydrogens (primary N) is 1. The SMILES string of the molecule is CN(C/C=C/C(=O)N1CCC(n2nc(-c3ccc(C(=O)Nc4ncc(C5CC5)s4)cc3)c3c(N)ncnc32)C1)C1CC1. The molecule has 3 aromatic heterocycles. The monoisotopic (exact) mass is 583 g/mol. The molecule has 11 nitrogen and oxygen atoms in total. The first kappa shape index (κ1) is 26.7. The van der Waals surface area contributed by atoms with Crippen LogP contribution in [0.4, 0.5) is 10.9 Å². The van der Waals surface area contributed by atoms with Crippen LogP contribution in [0.1, 0.15) is 59.3 Å². The number of carbonyl (C=O) groups excluding carboxylic acids is 2. The minimum Gasteiger partial charge on any atom is -0.383 e. The van der Waals surface area contributed by atoms with Crippen molar-refractivity contribution in [1.82, 2.24) is 34.5 Å². The largest absolute Gasteiger partial charge is 0.383 e. The third kappa shape index (κ3) is 5.39. The van der Waals surface area contributed by atoms with Gasteiger partial charge in [0.05, 0.1) is 11.4 Å². The molecule has 12 heteroatoms. The van der Waals surface area contributed by atoms with Crippen molar-refractivity contribution in [3.63, 3.8) is 0 Å². The molecule has 3 aliphatic rings. The minimum absolute atomic E-state index is 0.0166. The van der Waals surface area contributed by atoms with Crippen molar-refractivity contribution in [2.45, 2.75) is 50.1 Å². The second kappa shape index (κ2) is 10.9. The molecular formula is C30H33N9O2S. The number of fused-ring (bicyclic) bond motifs is 1. The van der Waals surface area contributed by atoms with Gasteiger partial charge in [-0.15, -0.1) is 11.3 Å². The van der Waals surface area contributed by atoms with E-state index < -0.39 is 0 Å². The predicted octanol–water partition coefficient (Wildman–Crippen LogP) is 4.09. The summed E-state index contributed by atoms with van der Waals surface area (Å²) in [4.78, 5) is 44.2. The Hall–Kier alpha value is -4.16. The lowest BCUT2D eigenvalue weighted by Gasteiger charge is -2.16. The van der Waals surface area contributed by atoms with E-state index in [0.717, 1.165) is 18.5 Å². The molecule has 1 saturated heterocycles. The fourth-order valence-electron chi connectivity index (χ4n) is 5.53. The van der Waals surface area contributed by atoms with Crippen molar-refractivity contribution >= 4 is 45.1 Å². The number of rotatable bonds is 9. The van der Waals surface area contributed by atoms with E-state index in [1.807, 2.05) is 34.0 Å². The lowest BCUT2D eigenvalue weighted by Crippen LogP contribution is -2.28. The van der Waals surface area contributed by atoms with Gasteiger partial charge in [0.1, 0.15) is 17.8 Å². The maximum Gasteiger partial charge on any atom is 0.257 e. The lowest BCUT2D eigenvalue weighted by molar-refractivity contribution is -0.125. The fraction of sp³-hybridized carbons (Fsp3) is 0.400. The number of likely N-dealkylation sites (tertiary alicyclic amines) is 1. The number of aromatic nitrogens is 5. The average Bonchev–Trinajstić information content (AvgIpc) is 3.89. The van der Waals surface area contributed by atoms with Crippen molar-refractivity contribution in [2.24, 2.45) is 0 Å². The smallest absolute Gasteiger partial charge is 0.257 e. The molecule has 0 radical (unpaired) electrons. The van der Waals surface area contributed by atoms with Crippen LogP contribution in [-0.2, 0) is 4.79 Å². The molecular weight excluding hydrogens is 550 g/mol. The van der Waals surface area contributed by atoms with Crippen molar-refractivity contribution in [3.8, 4) is 11.3 Å². The van der Waals surface area contributed by atoms with Gasteiger partial charge in [0.15, 0.2) is 10.8 Å². The number of thiazole rings is 1. The molecule has 0 spiro atoms. The quantitative estimate of drug-likeness (QED) is 0.282. The van der Waals surface area contributed by atoms with Crippen LogP contribution >= 0.6 is 11.3 Å². The Labute approximate surface area is 247 Å². The van der Waals surface area contributed by atoms with Crippen LogP contribution in [0.5, 0.6) is 0 Å². The Bertz CT molecular complexity index is 1670. The number of likely N-dealkylation sites (N-methyl/N-ethyl adjacent to an activating group) is 1. The molecule has 1 aliphatic heterocycles. The maximum absolute atomic E-state index is 12.9. The topological polar surface area (TPSA) is 135 Å². The Morgan fingerprint density at radius 1 is 1.12 bits per heavy atom. The van der Waals surface area contributed by atoms with Gasteiger partial charge in [0, 0.05) is 54.0 Å². The van der Waals surface area contributed by atoms with E-state index in [4.69, 9.17) is 10.8 Å². The maximum atomic E-state index is 12.9. The molecule has 216 valence electrons. The van der Waals surface area contributed by atoms with Crippen LogP contribution < -0.4 is 11.1 Å². The molecule has 4 aromatic rings. The highest BCUT2D eigenvalue weighted by atomic mass is 32.1. The molecule has 3 N–H and O–H groups in total. The number of nitrogens with one attached hydrogen (secondary N) is 1. The standard InChI is InChI=1S/C30H33N9O2S/c1-37(21-10-11-21)13-2-3-24(40)38-14-12-22(16-38)39-28-25(27(31)33-17-34-28)26(36-39)19-6-8-20(9-7-19)29(41)35-30-32-15-23(42-30)18-4-5-18/h2-3,6-9,15,17-18,21-22H,4-5,10-14,16H2,1H3,(H2,31,33,34)(H,32,35,41)/b3-2+. The first-order valence-corrected chi connectivity index (χ1v) is 15.3. The fourth-order valence-corrected chi connectivity index (χ4v) is 6.51. The van der Waals surface area contributed by atoms with Gasteiger partial charge in [-0.25, -0.2) is 19.6 Å². The van der Waals surface area contributed by atoms with Gasteiger partial charge in [-0.1, -0.05) is 18.2 Å². The van der Waals surface area contributed by atoms with E-state index in [2.05, 4.69) is 32.2 Å². The predicted molar refractivity (Wildman–Crippen MR) is 162 cm³/mol. The number of benzene rings is 1. The summed E-state index contributed by atoms with van der Waals surface area (Å²) in [6.07, 6.45) is 12.6. The minimum atomic E-state index is -0.208. The number of nitrogens with zero attached hydrogens (tertiary/aromatic N) is 7. The molecule has 3 fully saturated rings. The highest BCUT2D eigenvalue weighted by molar-refractivity contribution is 7.15. The van der Waals surface area contributed by atoms with E-state index in [-0.39, 0.29) is 17.9 Å². The Kier molecular flexibility index (Phi) is 6.95. The summed E-state index contributed by atoms with van der Waals surface area (Å²) in [6.45, 7) is 1.97. The molecule has 2 saturated carbocycles. The van der Waals surface area contributed by atoms with Gasteiger partial charge in [0.2, 0.25) is 5.91 Å². The zero-order chi connectivity index (χ0) is 28.8. The normalized spacial score (nSPS) is 18.9. The Morgan fingerprint density at radius 3 is 2.69 bits per heavy atom. The Balaban J connectivity index is 1.07. The number of amides is 2. The van der Waals surface area contributed by atoms with Crippen LogP contribution in [0.15, 0.2) is 48.9 Å². The van der Waals surface area contributed by atoms with E-state index >= 15 is 0 Å². The molecule has 42 heavy (non-hydrogen) atoms. The van der Waals surface area contributed by atoms with E-state index in [1.165, 1.54) is 36.9 Å². The van der Waals surface area contributed by atoms with Crippen LogP contribution in [0.25, 0.3) is 22.3 Å². The molecule has 2 aliphatic carbocycles. The number of hydrogen-bond acceptors (Lipinski definition) is 9. The summed E-state index contributed by atoms with van der Waals surface area (Å²) >= 11 is 1.54. The zero-order valence-electron chi connectivity index (χ0n) is 23.4. The zero-order valence-corrected chi connectivity index (χ0v) is 24.3. The van der Waals surface area contributed by atoms with Crippen molar-refractivity contribution in [3.05, 3.63) is 59.4 Å². The van der Waals surface area contributed by atoms with Crippen LogP contribution in [0, 0.1) is 0 Å². The number of anilines is 2.